The predicted octanol–water partition coefficient (Wildman–Crippen LogP) is 1.10. The highest BCUT2D eigenvalue weighted by atomic mass is 16.2. The number of H-pyrrole nitrogens is 1. The summed E-state index contributed by atoms with van der Waals surface area (Å²) in [6, 6.07) is 8.21. The third-order valence-corrected chi connectivity index (χ3v) is 3.69. The monoisotopic (exact) mass is 308 g/mol. The molecule has 0 aliphatic carbocycles. The summed E-state index contributed by atoms with van der Waals surface area (Å²) in [6.45, 7) is 0. The summed E-state index contributed by atoms with van der Waals surface area (Å²) in [5.74, 6) is -0.0883. The normalized spacial score (nSPS) is 17.9. The Morgan fingerprint density at radius 3 is 2.78 bits per heavy atom. The molecular formula is C15H12N6O2. The number of fused-ring (bicyclic) bond motifs is 1. The molecule has 0 spiro atoms. The van der Waals surface area contributed by atoms with Crippen LogP contribution < -0.4 is 10.2 Å². The maximum atomic E-state index is 12.6. The van der Waals surface area contributed by atoms with Crippen LogP contribution in [0.15, 0.2) is 43.0 Å². The number of rotatable bonds is 3. The number of imidazole rings is 1. The zero-order chi connectivity index (χ0) is 15.8. The maximum absolute atomic E-state index is 12.6. The molecule has 1 fully saturated rings. The summed E-state index contributed by atoms with van der Waals surface area (Å²) in [5, 5.41) is 3.02. The van der Waals surface area contributed by atoms with Crippen molar-refractivity contribution in [2.75, 3.05) is 10.2 Å². The van der Waals surface area contributed by atoms with Crippen LogP contribution in [0.5, 0.6) is 0 Å². The Morgan fingerprint density at radius 1 is 1.13 bits per heavy atom. The van der Waals surface area contributed by atoms with E-state index in [0.29, 0.717) is 22.7 Å². The van der Waals surface area contributed by atoms with E-state index in [0.717, 1.165) is 0 Å². The van der Waals surface area contributed by atoms with Crippen molar-refractivity contribution in [2.45, 2.75) is 12.5 Å². The summed E-state index contributed by atoms with van der Waals surface area (Å²) >= 11 is 0. The third kappa shape index (κ3) is 2.20. The highest BCUT2D eigenvalue weighted by molar-refractivity contribution is 6.23. The molecule has 0 unspecified atom stereocenters. The van der Waals surface area contributed by atoms with E-state index in [-0.39, 0.29) is 18.2 Å². The number of benzene rings is 1. The standard InChI is InChI=1S/C15H12N6O2/c22-11-6-10(15(23)21(11)9-4-2-1-3-5-9)20-14-12-13(17-7-16-12)18-8-19-14/h1-5,7-8,10H,6H2,(H2,16,17,18,19,20)/t10-/m0/s1. The fourth-order valence-electron chi connectivity index (χ4n) is 2.63. The molecule has 8 heteroatoms. The van der Waals surface area contributed by atoms with Gasteiger partial charge in [-0.25, -0.2) is 19.9 Å². The molecule has 1 aliphatic rings. The minimum atomic E-state index is -0.663. The summed E-state index contributed by atoms with van der Waals surface area (Å²) in [5.41, 5.74) is 1.67. The van der Waals surface area contributed by atoms with Gasteiger partial charge in [0, 0.05) is 0 Å². The van der Waals surface area contributed by atoms with E-state index in [2.05, 4.69) is 25.3 Å². The molecule has 0 bridgehead atoms. The number of aromatic nitrogens is 4. The van der Waals surface area contributed by atoms with Crippen LogP contribution in [0.25, 0.3) is 11.2 Å². The fraction of sp³-hybridized carbons (Fsp3) is 0.133. The van der Waals surface area contributed by atoms with Gasteiger partial charge in [0.05, 0.1) is 18.4 Å². The first-order valence-electron chi connectivity index (χ1n) is 7.06. The van der Waals surface area contributed by atoms with Gasteiger partial charge in [-0.05, 0) is 12.1 Å². The lowest BCUT2D eigenvalue weighted by atomic mass is 10.2. The smallest absolute Gasteiger partial charge is 0.256 e. The van der Waals surface area contributed by atoms with E-state index in [1.54, 1.807) is 24.3 Å². The lowest BCUT2D eigenvalue weighted by Gasteiger charge is -2.15. The SMILES string of the molecule is O=C1C[C@H](Nc2ncnc3nc[nH]c23)C(=O)N1c1ccccc1. The molecule has 8 nitrogen and oxygen atoms in total. The fourth-order valence-corrected chi connectivity index (χ4v) is 2.63. The first kappa shape index (κ1) is 13.4. The third-order valence-electron chi connectivity index (χ3n) is 3.69. The maximum Gasteiger partial charge on any atom is 0.256 e. The van der Waals surface area contributed by atoms with E-state index in [9.17, 15) is 9.59 Å². The summed E-state index contributed by atoms with van der Waals surface area (Å²) in [6.07, 6.45) is 2.94. The minimum Gasteiger partial charge on any atom is -0.356 e. The van der Waals surface area contributed by atoms with Gasteiger partial charge >= 0.3 is 0 Å². The summed E-state index contributed by atoms with van der Waals surface area (Å²) in [4.78, 5) is 41.1. The number of anilines is 2. The zero-order valence-corrected chi connectivity index (χ0v) is 11.9. The van der Waals surface area contributed by atoms with E-state index >= 15 is 0 Å². The molecule has 1 aliphatic heterocycles. The van der Waals surface area contributed by atoms with Crippen LogP contribution in [0.3, 0.4) is 0 Å². The Kier molecular flexibility index (Phi) is 3.00. The van der Waals surface area contributed by atoms with Crippen molar-refractivity contribution in [2.24, 2.45) is 0 Å². The molecule has 3 aromatic rings. The number of nitrogens with one attached hydrogen (secondary N) is 2. The van der Waals surface area contributed by atoms with Gasteiger partial charge in [-0.15, -0.1) is 0 Å². The molecule has 1 aromatic carbocycles. The van der Waals surface area contributed by atoms with E-state index in [4.69, 9.17) is 0 Å². The van der Waals surface area contributed by atoms with E-state index < -0.39 is 6.04 Å². The molecular weight excluding hydrogens is 296 g/mol. The first-order valence-corrected chi connectivity index (χ1v) is 7.06. The van der Waals surface area contributed by atoms with E-state index in [1.807, 2.05) is 6.07 Å². The molecule has 2 aromatic heterocycles. The van der Waals surface area contributed by atoms with Gasteiger partial charge in [0.15, 0.2) is 11.5 Å². The Bertz CT molecular complexity index is 891. The Hall–Kier alpha value is -3.29. The lowest BCUT2D eigenvalue weighted by Crippen LogP contribution is -2.35. The van der Waals surface area contributed by atoms with Gasteiger partial charge in [-0.1, -0.05) is 18.2 Å². The predicted molar refractivity (Wildman–Crippen MR) is 82.6 cm³/mol. The van der Waals surface area contributed by atoms with Gasteiger partial charge in [-0.2, -0.15) is 0 Å². The Morgan fingerprint density at radius 2 is 1.96 bits per heavy atom. The number of aromatic amines is 1. The number of hydrogen-bond acceptors (Lipinski definition) is 6. The zero-order valence-electron chi connectivity index (χ0n) is 11.9. The lowest BCUT2D eigenvalue weighted by molar-refractivity contribution is -0.121. The number of nitrogens with zero attached hydrogens (tertiary/aromatic N) is 4. The van der Waals surface area contributed by atoms with Crippen LogP contribution in [-0.2, 0) is 9.59 Å². The van der Waals surface area contributed by atoms with Crippen molar-refractivity contribution in [1.82, 2.24) is 19.9 Å². The molecule has 2 N–H and O–H groups in total. The number of para-hydroxylation sites is 1. The molecule has 2 amide bonds. The molecule has 0 saturated carbocycles. The second-order valence-electron chi connectivity index (χ2n) is 5.13. The topological polar surface area (TPSA) is 104 Å². The summed E-state index contributed by atoms with van der Waals surface area (Å²) in [7, 11) is 0. The quantitative estimate of drug-likeness (QED) is 0.702. The van der Waals surface area contributed by atoms with Crippen LogP contribution in [-0.4, -0.2) is 37.8 Å². The van der Waals surface area contributed by atoms with E-state index in [1.165, 1.54) is 17.6 Å². The molecule has 3 heterocycles. The van der Waals surface area contributed by atoms with Crippen molar-refractivity contribution in [3.63, 3.8) is 0 Å². The Labute approximate surface area is 130 Å². The molecule has 1 atom stereocenters. The van der Waals surface area contributed by atoms with Crippen molar-refractivity contribution < 1.29 is 9.59 Å². The highest BCUT2D eigenvalue weighted by Crippen LogP contribution is 2.25. The number of amides is 2. The average Bonchev–Trinajstić information content (AvgIpc) is 3.14. The number of carbonyl (C=O) groups excluding carboxylic acids is 2. The summed E-state index contributed by atoms with van der Waals surface area (Å²) < 4.78 is 0. The van der Waals surface area contributed by atoms with Gasteiger partial charge in [0.1, 0.15) is 17.9 Å². The molecule has 114 valence electrons. The molecule has 4 rings (SSSR count). The van der Waals surface area contributed by atoms with Crippen LogP contribution in [0, 0.1) is 0 Å². The average molecular weight is 308 g/mol. The van der Waals surface area contributed by atoms with Gasteiger partial charge < -0.3 is 10.3 Å². The second kappa shape index (κ2) is 5.16. The van der Waals surface area contributed by atoms with Crippen molar-refractivity contribution in [3.8, 4) is 0 Å². The molecule has 23 heavy (non-hydrogen) atoms. The minimum absolute atomic E-state index is 0.0767. The number of imide groups is 1. The molecule has 0 radical (unpaired) electrons. The number of hydrogen-bond donors (Lipinski definition) is 2. The van der Waals surface area contributed by atoms with Crippen molar-refractivity contribution in [1.29, 1.82) is 0 Å². The van der Waals surface area contributed by atoms with Crippen LogP contribution in [0.4, 0.5) is 11.5 Å². The number of carbonyl (C=O) groups is 2. The largest absolute Gasteiger partial charge is 0.356 e. The van der Waals surface area contributed by atoms with Crippen molar-refractivity contribution in [3.05, 3.63) is 43.0 Å². The van der Waals surface area contributed by atoms with Gasteiger partial charge in [-0.3, -0.25) is 9.59 Å². The van der Waals surface area contributed by atoms with Crippen molar-refractivity contribution >= 4 is 34.5 Å². The Balaban J connectivity index is 1.63. The molecule has 1 saturated heterocycles. The van der Waals surface area contributed by atoms with Crippen LogP contribution >= 0.6 is 0 Å². The van der Waals surface area contributed by atoms with Gasteiger partial charge in [0.25, 0.3) is 5.91 Å². The van der Waals surface area contributed by atoms with Crippen LogP contribution in [0.2, 0.25) is 0 Å². The van der Waals surface area contributed by atoms with Gasteiger partial charge in [0.2, 0.25) is 5.91 Å². The first-order chi connectivity index (χ1) is 11.2. The second-order valence-corrected chi connectivity index (χ2v) is 5.13. The highest BCUT2D eigenvalue weighted by Gasteiger charge is 2.39. The van der Waals surface area contributed by atoms with Crippen LogP contribution in [0.1, 0.15) is 6.42 Å².